The summed E-state index contributed by atoms with van der Waals surface area (Å²) < 4.78 is 5.71. The largest absolute Gasteiger partial charge is 0.507 e. The second-order valence-corrected chi connectivity index (χ2v) is 5.51. The van der Waals surface area contributed by atoms with Gasteiger partial charge < -0.3 is 14.6 Å². The highest BCUT2D eigenvalue weighted by Crippen LogP contribution is 2.34. The summed E-state index contributed by atoms with van der Waals surface area (Å²) in [6.07, 6.45) is 1.57. The maximum Gasteiger partial charge on any atom is 0.231 e. The molecule has 4 aromatic rings. The fraction of sp³-hybridized carbons (Fsp3) is 0. The van der Waals surface area contributed by atoms with Crippen LogP contribution in [0.3, 0.4) is 0 Å². The SMILES string of the molecule is Oc1ccccc1C=Nc1ccc(O)c(-c2nc3ccccc3o2)c1. The van der Waals surface area contributed by atoms with Gasteiger partial charge in [-0.2, -0.15) is 0 Å². The summed E-state index contributed by atoms with van der Waals surface area (Å²) in [7, 11) is 0. The summed E-state index contributed by atoms with van der Waals surface area (Å²) in [6.45, 7) is 0. The highest BCUT2D eigenvalue weighted by molar-refractivity contribution is 5.86. The quantitative estimate of drug-likeness (QED) is 0.536. The Morgan fingerprint density at radius 3 is 2.52 bits per heavy atom. The van der Waals surface area contributed by atoms with Crippen molar-refractivity contribution in [2.24, 2.45) is 4.99 Å². The third-order valence-corrected chi connectivity index (χ3v) is 3.79. The van der Waals surface area contributed by atoms with E-state index >= 15 is 0 Å². The van der Waals surface area contributed by atoms with Gasteiger partial charge in [0.15, 0.2) is 5.58 Å². The first-order valence-electron chi connectivity index (χ1n) is 7.72. The molecule has 3 aromatic carbocycles. The Kier molecular flexibility index (Phi) is 3.67. The number of phenols is 2. The first-order valence-corrected chi connectivity index (χ1v) is 7.72. The van der Waals surface area contributed by atoms with Crippen molar-refractivity contribution in [2.45, 2.75) is 0 Å². The average molecular weight is 330 g/mol. The van der Waals surface area contributed by atoms with Gasteiger partial charge in [0.05, 0.1) is 11.3 Å². The molecule has 0 atom stereocenters. The van der Waals surface area contributed by atoms with Crippen LogP contribution in [0, 0.1) is 0 Å². The molecule has 0 aliphatic rings. The summed E-state index contributed by atoms with van der Waals surface area (Å²) in [5, 5.41) is 19.9. The van der Waals surface area contributed by atoms with Crippen LogP contribution >= 0.6 is 0 Å². The maximum atomic E-state index is 10.2. The Hall–Kier alpha value is -3.60. The zero-order valence-corrected chi connectivity index (χ0v) is 13.1. The van der Waals surface area contributed by atoms with Crippen LogP contribution < -0.4 is 0 Å². The zero-order chi connectivity index (χ0) is 17.2. The van der Waals surface area contributed by atoms with Crippen molar-refractivity contribution < 1.29 is 14.6 Å². The normalized spacial score (nSPS) is 11.4. The second-order valence-electron chi connectivity index (χ2n) is 5.51. The van der Waals surface area contributed by atoms with E-state index in [9.17, 15) is 10.2 Å². The van der Waals surface area contributed by atoms with Crippen LogP contribution in [0.2, 0.25) is 0 Å². The Balaban J connectivity index is 1.72. The molecular formula is C20H14N2O3. The van der Waals surface area contributed by atoms with Crippen LogP contribution in [0.4, 0.5) is 5.69 Å². The highest BCUT2D eigenvalue weighted by atomic mass is 16.3. The van der Waals surface area contributed by atoms with Crippen molar-refractivity contribution in [1.29, 1.82) is 0 Å². The lowest BCUT2D eigenvalue weighted by molar-refractivity contribution is 0.473. The molecule has 122 valence electrons. The lowest BCUT2D eigenvalue weighted by atomic mass is 10.1. The number of oxazole rings is 1. The maximum absolute atomic E-state index is 10.2. The van der Waals surface area contributed by atoms with E-state index in [4.69, 9.17) is 4.42 Å². The van der Waals surface area contributed by atoms with Crippen LogP contribution in [0.5, 0.6) is 11.5 Å². The minimum Gasteiger partial charge on any atom is -0.507 e. The number of fused-ring (bicyclic) bond motifs is 1. The van der Waals surface area contributed by atoms with Gasteiger partial charge >= 0.3 is 0 Å². The Bertz CT molecular complexity index is 1050. The molecule has 5 heteroatoms. The van der Waals surface area contributed by atoms with E-state index in [1.807, 2.05) is 30.3 Å². The fourth-order valence-electron chi connectivity index (χ4n) is 2.50. The molecule has 0 spiro atoms. The van der Waals surface area contributed by atoms with Gasteiger partial charge in [-0.1, -0.05) is 24.3 Å². The minimum absolute atomic E-state index is 0.0630. The van der Waals surface area contributed by atoms with Crippen LogP contribution in [-0.4, -0.2) is 21.4 Å². The number of aromatic hydroxyl groups is 2. The predicted molar refractivity (Wildman–Crippen MR) is 96.5 cm³/mol. The fourth-order valence-corrected chi connectivity index (χ4v) is 2.50. The lowest BCUT2D eigenvalue weighted by Gasteiger charge is -2.02. The lowest BCUT2D eigenvalue weighted by Crippen LogP contribution is -1.82. The van der Waals surface area contributed by atoms with Crippen LogP contribution in [-0.2, 0) is 0 Å². The molecule has 0 radical (unpaired) electrons. The van der Waals surface area contributed by atoms with E-state index in [1.165, 1.54) is 0 Å². The van der Waals surface area contributed by atoms with E-state index in [2.05, 4.69) is 9.98 Å². The summed E-state index contributed by atoms with van der Waals surface area (Å²) in [5.41, 5.74) is 3.06. The summed E-state index contributed by atoms with van der Waals surface area (Å²) in [6, 6.07) is 19.3. The summed E-state index contributed by atoms with van der Waals surface area (Å²) in [5.74, 6) is 0.551. The number of para-hydroxylation sites is 3. The predicted octanol–water partition coefficient (Wildman–Crippen LogP) is 4.66. The molecule has 0 fully saturated rings. The number of benzene rings is 3. The van der Waals surface area contributed by atoms with E-state index in [0.717, 1.165) is 5.52 Å². The van der Waals surface area contributed by atoms with Crippen molar-refractivity contribution in [3.63, 3.8) is 0 Å². The number of aromatic nitrogens is 1. The van der Waals surface area contributed by atoms with Gasteiger partial charge in [0.1, 0.15) is 17.0 Å². The Morgan fingerprint density at radius 2 is 1.68 bits per heavy atom. The standard InChI is InChI=1S/C20H14N2O3/c23-17-7-3-1-5-13(17)12-21-14-9-10-18(24)15(11-14)20-22-16-6-2-4-8-19(16)25-20/h1-12,23-24H. The van der Waals surface area contributed by atoms with Gasteiger partial charge in [0.25, 0.3) is 0 Å². The van der Waals surface area contributed by atoms with Crippen molar-refractivity contribution in [1.82, 2.24) is 4.98 Å². The first kappa shape index (κ1) is 15.0. The molecule has 1 heterocycles. The molecule has 0 aliphatic carbocycles. The molecule has 0 amide bonds. The molecule has 5 nitrogen and oxygen atoms in total. The molecule has 0 aliphatic heterocycles. The number of hydrogen-bond donors (Lipinski definition) is 2. The van der Waals surface area contributed by atoms with E-state index in [0.29, 0.717) is 28.3 Å². The van der Waals surface area contributed by atoms with Crippen LogP contribution in [0.1, 0.15) is 5.56 Å². The monoisotopic (exact) mass is 330 g/mol. The van der Waals surface area contributed by atoms with Gasteiger partial charge in [-0.3, -0.25) is 4.99 Å². The van der Waals surface area contributed by atoms with Gasteiger partial charge in [0, 0.05) is 11.8 Å². The third kappa shape index (κ3) is 2.95. The van der Waals surface area contributed by atoms with E-state index < -0.39 is 0 Å². The third-order valence-electron chi connectivity index (χ3n) is 3.79. The molecule has 0 unspecified atom stereocenters. The molecule has 0 bridgehead atoms. The molecule has 4 rings (SSSR count). The topological polar surface area (TPSA) is 78.9 Å². The van der Waals surface area contributed by atoms with Crippen molar-refractivity contribution >= 4 is 23.0 Å². The van der Waals surface area contributed by atoms with Crippen LogP contribution in [0.25, 0.3) is 22.6 Å². The van der Waals surface area contributed by atoms with Gasteiger partial charge in [-0.25, -0.2) is 4.98 Å². The minimum atomic E-state index is 0.0630. The van der Waals surface area contributed by atoms with Crippen molar-refractivity contribution in [2.75, 3.05) is 0 Å². The zero-order valence-electron chi connectivity index (χ0n) is 13.1. The number of rotatable bonds is 3. The summed E-state index contributed by atoms with van der Waals surface area (Å²) in [4.78, 5) is 8.75. The smallest absolute Gasteiger partial charge is 0.231 e. The van der Waals surface area contributed by atoms with Crippen molar-refractivity contribution in [3.05, 3.63) is 72.3 Å². The van der Waals surface area contributed by atoms with E-state index in [-0.39, 0.29) is 11.5 Å². The molecule has 0 saturated carbocycles. The number of aliphatic imine (C=N–C) groups is 1. The van der Waals surface area contributed by atoms with Gasteiger partial charge in [-0.15, -0.1) is 0 Å². The van der Waals surface area contributed by atoms with Gasteiger partial charge in [-0.05, 0) is 42.5 Å². The molecular weight excluding hydrogens is 316 g/mol. The summed E-state index contributed by atoms with van der Waals surface area (Å²) >= 11 is 0. The number of phenolic OH excluding ortho intramolecular Hbond substituents is 2. The molecule has 1 aromatic heterocycles. The number of nitrogens with zero attached hydrogens (tertiary/aromatic N) is 2. The molecule has 0 saturated heterocycles. The Labute approximate surface area is 143 Å². The van der Waals surface area contributed by atoms with Crippen LogP contribution in [0.15, 0.2) is 76.1 Å². The first-order chi connectivity index (χ1) is 12.2. The van der Waals surface area contributed by atoms with E-state index in [1.54, 1.807) is 42.6 Å². The van der Waals surface area contributed by atoms with Crippen molar-refractivity contribution in [3.8, 4) is 23.0 Å². The highest BCUT2D eigenvalue weighted by Gasteiger charge is 2.12. The Morgan fingerprint density at radius 1 is 0.880 bits per heavy atom. The molecule has 25 heavy (non-hydrogen) atoms. The molecule has 2 N–H and O–H groups in total. The number of hydrogen-bond acceptors (Lipinski definition) is 5. The average Bonchev–Trinajstić information content (AvgIpc) is 3.06. The van der Waals surface area contributed by atoms with Gasteiger partial charge in [0.2, 0.25) is 5.89 Å². The second kappa shape index (κ2) is 6.13.